The lowest BCUT2D eigenvalue weighted by molar-refractivity contribution is -0.148. The monoisotopic (exact) mass is 362 g/mol. The van der Waals surface area contributed by atoms with Crippen LogP contribution >= 0.6 is 0 Å². The average molecular weight is 363 g/mol. The van der Waals surface area contributed by atoms with E-state index in [1.54, 1.807) is 0 Å². The molecule has 0 aromatic carbocycles. The normalized spacial score (nSPS) is 32.1. The molecule has 2 atom stereocenters. The molecule has 0 radical (unpaired) electrons. The third kappa shape index (κ3) is 3.77. The maximum absolute atomic E-state index is 13.1. The zero-order valence-electron chi connectivity index (χ0n) is 16.2. The molecule has 3 aliphatic heterocycles. The molecule has 6 nitrogen and oxygen atoms in total. The Morgan fingerprint density at radius 3 is 2.42 bits per heavy atom. The lowest BCUT2D eigenvalue weighted by Crippen LogP contribution is -2.59. The fraction of sp³-hybridized carbons (Fsp3) is 0.900. The number of carbonyl (C=O) groups excluding carboxylic acids is 2. The van der Waals surface area contributed by atoms with Gasteiger partial charge >= 0.3 is 0 Å². The van der Waals surface area contributed by atoms with Crippen molar-refractivity contribution in [3.8, 4) is 0 Å². The van der Waals surface area contributed by atoms with Gasteiger partial charge in [0, 0.05) is 70.7 Å². The molecule has 1 saturated carbocycles. The number of likely N-dealkylation sites (tertiary alicyclic amines) is 2. The number of likely N-dealkylation sites (N-methyl/N-ethyl adjacent to an activating group) is 1. The Labute approximate surface area is 157 Å². The van der Waals surface area contributed by atoms with Gasteiger partial charge in [-0.3, -0.25) is 9.59 Å². The molecule has 4 aliphatic rings. The first-order chi connectivity index (χ1) is 12.6. The number of rotatable bonds is 4. The van der Waals surface area contributed by atoms with Crippen LogP contribution in [-0.2, 0) is 9.59 Å². The minimum atomic E-state index is 0.0513. The zero-order chi connectivity index (χ0) is 18.1. The summed E-state index contributed by atoms with van der Waals surface area (Å²) in [4.78, 5) is 34.3. The van der Waals surface area contributed by atoms with Gasteiger partial charge in [0.15, 0.2) is 0 Å². The predicted octanol–water partition coefficient (Wildman–Crippen LogP) is 0.873. The zero-order valence-corrected chi connectivity index (χ0v) is 16.2. The van der Waals surface area contributed by atoms with Gasteiger partial charge in [-0.15, -0.1) is 0 Å². The van der Waals surface area contributed by atoms with Crippen molar-refractivity contribution in [3.05, 3.63) is 0 Å². The maximum atomic E-state index is 13.1. The topological polar surface area (TPSA) is 47.1 Å². The van der Waals surface area contributed by atoms with E-state index < -0.39 is 0 Å². The van der Waals surface area contributed by atoms with E-state index in [2.05, 4.69) is 21.7 Å². The Hall–Kier alpha value is -1.14. The number of hydrogen-bond donors (Lipinski definition) is 0. The van der Waals surface area contributed by atoms with Crippen LogP contribution in [0.25, 0.3) is 0 Å². The Morgan fingerprint density at radius 1 is 1.00 bits per heavy atom. The molecule has 0 aromatic rings. The van der Waals surface area contributed by atoms with Crippen LogP contribution in [0, 0.1) is 11.8 Å². The van der Waals surface area contributed by atoms with Crippen LogP contribution in [0.5, 0.6) is 0 Å². The molecule has 6 heteroatoms. The summed E-state index contributed by atoms with van der Waals surface area (Å²) >= 11 is 0. The van der Waals surface area contributed by atoms with E-state index >= 15 is 0 Å². The second-order valence-corrected chi connectivity index (χ2v) is 8.86. The molecule has 0 N–H and O–H groups in total. The third-order valence-corrected chi connectivity index (χ3v) is 6.94. The molecule has 26 heavy (non-hydrogen) atoms. The largest absolute Gasteiger partial charge is 0.342 e. The molecule has 3 saturated heterocycles. The molecular weight excluding hydrogens is 328 g/mol. The van der Waals surface area contributed by atoms with E-state index in [0.29, 0.717) is 18.2 Å². The second-order valence-electron chi connectivity index (χ2n) is 8.86. The Morgan fingerprint density at radius 2 is 1.73 bits per heavy atom. The first kappa shape index (κ1) is 18.2. The van der Waals surface area contributed by atoms with E-state index in [1.165, 1.54) is 0 Å². The summed E-state index contributed by atoms with van der Waals surface area (Å²) in [6.07, 6.45) is 5.91. The molecule has 0 spiro atoms. The SMILES string of the molecule is CN1CCN(CC2CN(C(=O)[C@@H]3CCCC[C@@H]3N3CCCC3=O)C2)CC1. The van der Waals surface area contributed by atoms with Gasteiger partial charge in [0.1, 0.15) is 0 Å². The van der Waals surface area contributed by atoms with Gasteiger partial charge in [-0.25, -0.2) is 0 Å². The predicted molar refractivity (Wildman–Crippen MR) is 101 cm³/mol. The highest BCUT2D eigenvalue weighted by molar-refractivity contribution is 5.83. The summed E-state index contributed by atoms with van der Waals surface area (Å²) in [5, 5.41) is 0. The summed E-state index contributed by atoms with van der Waals surface area (Å²) < 4.78 is 0. The molecule has 1 aliphatic carbocycles. The standard InChI is InChI=1S/C20H34N4O2/c1-21-9-11-22(12-10-21)13-16-14-23(15-16)20(26)17-5-2-3-6-18(17)24-8-4-7-19(24)25/h16-18H,2-15H2,1H3/t17-,18+/m1/s1. The fourth-order valence-corrected chi connectivity index (χ4v) is 5.29. The van der Waals surface area contributed by atoms with Crippen molar-refractivity contribution in [2.45, 2.75) is 44.6 Å². The number of nitrogens with zero attached hydrogens (tertiary/aromatic N) is 4. The van der Waals surface area contributed by atoms with E-state index in [4.69, 9.17) is 0 Å². The van der Waals surface area contributed by atoms with Crippen molar-refractivity contribution in [1.29, 1.82) is 0 Å². The van der Waals surface area contributed by atoms with Crippen LogP contribution in [-0.4, -0.2) is 96.9 Å². The molecule has 2 amide bonds. The first-order valence-corrected chi connectivity index (χ1v) is 10.6. The van der Waals surface area contributed by atoms with Crippen LogP contribution in [0.4, 0.5) is 0 Å². The highest BCUT2D eigenvalue weighted by Gasteiger charge is 2.43. The van der Waals surface area contributed by atoms with E-state index in [0.717, 1.165) is 84.5 Å². The highest BCUT2D eigenvalue weighted by atomic mass is 16.2. The van der Waals surface area contributed by atoms with Crippen molar-refractivity contribution in [2.75, 3.05) is 59.4 Å². The van der Waals surface area contributed by atoms with Crippen LogP contribution < -0.4 is 0 Å². The van der Waals surface area contributed by atoms with E-state index in [9.17, 15) is 9.59 Å². The molecule has 0 bridgehead atoms. The van der Waals surface area contributed by atoms with Crippen LogP contribution in [0.3, 0.4) is 0 Å². The van der Waals surface area contributed by atoms with Gasteiger partial charge in [0.05, 0.1) is 5.92 Å². The van der Waals surface area contributed by atoms with Gasteiger partial charge < -0.3 is 19.6 Å². The Kier molecular flexibility index (Phi) is 5.50. The van der Waals surface area contributed by atoms with Crippen molar-refractivity contribution < 1.29 is 9.59 Å². The Bertz CT molecular complexity index is 526. The summed E-state index contributed by atoms with van der Waals surface area (Å²) in [6.45, 7) is 8.46. The van der Waals surface area contributed by atoms with Gasteiger partial charge in [-0.1, -0.05) is 12.8 Å². The maximum Gasteiger partial charge on any atom is 0.227 e. The number of amides is 2. The van der Waals surface area contributed by atoms with E-state index in [-0.39, 0.29) is 17.9 Å². The third-order valence-electron chi connectivity index (χ3n) is 6.94. The lowest BCUT2D eigenvalue weighted by Gasteiger charge is -2.46. The van der Waals surface area contributed by atoms with Crippen LogP contribution in [0.2, 0.25) is 0 Å². The Balaban J connectivity index is 1.28. The van der Waals surface area contributed by atoms with Gasteiger partial charge in [-0.05, 0) is 26.3 Å². The number of piperazine rings is 1. The summed E-state index contributed by atoms with van der Waals surface area (Å²) in [5.74, 6) is 1.28. The number of hydrogen-bond acceptors (Lipinski definition) is 4. The lowest BCUT2D eigenvalue weighted by atomic mass is 9.81. The quantitative estimate of drug-likeness (QED) is 0.745. The molecule has 4 fully saturated rings. The van der Waals surface area contributed by atoms with Crippen molar-refractivity contribution in [3.63, 3.8) is 0 Å². The van der Waals surface area contributed by atoms with Crippen LogP contribution in [0.15, 0.2) is 0 Å². The molecular formula is C20H34N4O2. The minimum absolute atomic E-state index is 0.0513. The fourth-order valence-electron chi connectivity index (χ4n) is 5.29. The van der Waals surface area contributed by atoms with Gasteiger partial charge in [0.2, 0.25) is 11.8 Å². The second kappa shape index (κ2) is 7.85. The van der Waals surface area contributed by atoms with Crippen molar-refractivity contribution in [2.24, 2.45) is 11.8 Å². The van der Waals surface area contributed by atoms with E-state index in [1.807, 2.05) is 4.90 Å². The van der Waals surface area contributed by atoms with Gasteiger partial charge in [0.25, 0.3) is 0 Å². The summed E-state index contributed by atoms with van der Waals surface area (Å²) in [7, 11) is 2.19. The summed E-state index contributed by atoms with van der Waals surface area (Å²) in [5.41, 5.74) is 0. The molecule has 0 unspecified atom stereocenters. The van der Waals surface area contributed by atoms with Gasteiger partial charge in [-0.2, -0.15) is 0 Å². The molecule has 146 valence electrons. The molecule has 3 heterocycles. The summed E-state index contributed by atoms with van der Waals surface area (Å²) in [6, 6.07) is 0.169. The van der Waals surface area contributed by atoms with Crippen molar-refractivity contribution >= 4 is 11.8 Å². The molecule has 0 aromatic heterocycles. The van der Waals surface area contributed by atoms with Crippen LogP contribution in [0.1, 0.15) is 38.5 Å². The molecule has 4 rings (SSSR count). The smallest absolute Gasteiger partial charge is 0.227 e. The average Bonchev–Trinajstić information content (AvgIpc) is 3.04. The number of carbonyl (C=O) groups is 2. The highest BCUT2D eigenvalue weighted by Crippen LogP contribution is 2.34. The first-order valence-electron chi connectivity index (χ1n) is 10.6. The van der Waals surface area contributed by atoms with Crippen molar-refractivity contribution in [1.82, 2.24) is 19.6 Å². The minimum Gasteiger partial charge on any atom is -0.342 e.